The number of fused-ring (bicyclic) bond motifs is 3. The van der Waals surface area contributed by atoms with E-state index < -0.39 is 0 Å². The first-order chi connectivity index (χ1) is 24.8. The van der Waals surface area contributed by atoms with Crippen LogP contribution in [-0.4, -0.2) is 4.57 Å². The van der Waals surface area contributed by atoms with Crippen molar-refractivity contribution in [3.63, 3.8) is 0 Å². The van der Waals surface area contributed by atoms with E-state index in [9.17, 15) is 0 Å². The third kappa shape index (κ3) is 5.43. The van der Waals surface area contributed by atoms with Crippen LogP contribution in [0.25, 0.3) is 60.9 Å². The molecule has 1 heterocycles. The quantitative estimate of drug-likeness (QED) is 0.169. The predicted octanol–water partition coefficient (Wildman–Crippen LogP) is 13.3. The number of hydrogen-bond donors (Lipinski definition) is 0. The fraction of sp³-hybridized carbons (Fsp3) is 0. The van der Waals surface area contributed by atoms with Crippen LogP contribution in [0.15, 0.2) is 206 Å². The fourth-order valence-corrected chi connectivity index (χ4v) is 7.15. The molecule has 0 fully saturated rings. The van der Waals surface area contributed by atoms with Gasteiger partial charge in [0.1, 0.15) is 0 Å². The summed E-state index contributed by atoms with van der Waals surface area (Å²) in [5, 5.41) is 2.50. The Morgan fingerprint density at radius 1 is 0.280 bits per heavy atom. The SMILES string of the molecule is c1ccc(-c2ccc(-n3c4ccccc4c4cc(-c5ccc(N(c6ccccc6)c6cccc(-c7ccccc7)c6)cc5)ccc43)cc2)cc1. The lowest BCUT2D eigenvalue weighted by Gasteiger charge is -2.26. The van der Waals surface area contributed by atoms with Crippen LogP contribution < -0.4 is 4.90 Å². The van der Waals surface area contributed by atoms with Crippen molar-refractivity contribution < 1.29 is 0 Å². The van der Waals surface area contributed by atoms with E-state index in [-0.39, 0.29) is 0 Å². The molecule has 0 saturated heterocycles. The van der Waals surface area contributed by atoms with E-state index in [2.05, 4.69) is 216 Å². The van der Waals surface area contributed by atoms with Gasteiger partial charge in [0.05, 0.1) is 11.0 Å². The van der Waals surface area contributed by atoms with Crippen LogP contribution in [0.2, 0.25) is 0 Å². The van der Waals surface area contributed by atoms with E-state index in [4.69, 9.17) is 0 Å². The number of nitrogens with zero attached hydrogens (tertiary/aromatic N) is 2. The number of benzene rings is 8. The zero-order chi connectivity index (χ0) is 33.3. The summed E-state index contributed by atoms with van der Waals surface area (Å²) in [6, 6.07) is 74.0. The highest BCUT2D eigenvalue weighted by Gasteiger charge is 2.16. The molecule has 0 aliphatic rings. The fourth-order valence-electron chi connectivity index (χ4n) is 7.15. The van der Waals surface area contributed by atoms with Crippen LogP contribution in [0, 0.1) is 0 Å². The molecule has 0 radical (unpaired) electrons. The Bertz CT molecular complexity index is 2550. The van der Waals surface area contributed by atoms with Gasteiger partial charge in [-0.15, -0.1) is 0 Å². The summed E-state index contributed by atoms with van der Waals surface area (Å²) < 4.78 is 2.38. The van der Waals surface area contributed by atoms with Crippen molar-refractivity contribution in [1.82, 2.24) is 4.57 Å². The number of anilines is 3. The molecule has 2 nitrogen and oxygen atoms in total. The maximum absolute atomic E-state index is 2.38. The topological polar surface area (TPSA) is 8.17 Å². The minimum absolute atomic E-state index is 1.11. The zero-order valence-corrected chi connectivity index (χ0v) is 27.5. The molecule has 0 unspecified atom stereocenters. The average molecular weight is 639 g/mol. The molecule has 0 N–H and O–H groups in total. The number of para-hydroxylation sites is 2. The van der Waals surface area contributed by atoms with E-state index in [1.807, 2.05) is 0 Å². The molecule has 9 rings (SSSR count). The Balaban J connectivity index is 1.09. The van der Waals surface area contributed by atoms with Gasteiger partial charge in [0.2, 0.25) is 0 Å². The summed E-state index contributed by atoms with van der Waals surface area (Å²) in [5.41, 5.74) is 14.2. The van der Waals surface area contributed by atoms with Gasteiger partial charge in [-0.2, -0.15) is 0 Å². The van der Waals surface area contributed by atoms with Gasteiger partial charge >= 0.3 is 0 Å². The molecule has 0 aliphatic carbocycles. The lowest BCUT2D eigenvalue weighted by Crippen LogP contribution is -2.09. The van der Waals surface area contributed by atoms with Crippen LogP contribution in [0.3, 0.4) is 0 Å². The number of rotatable bonds is 7. The summed E-state index contributed by atoms with van der Waals surface area (Å²) in [4.78, 5) is 2.33. The molecule has 0 bridgehead atoms. The Morgan fingerprint density at radius 2 is 0.740 bits per heavy atom. The Kier molecular flexibility index (Phi) is 7.53. The van der Waals surface area contributed by atoms with Gasteiger partial charge < -0.3 is 9.47 Å². The summed E-state index contributed by atoms with van der Waals surface area (Å²) >= 11 is 0. The first-order valence-electron chi connectivity index (χ1n) is 17.1. The smallest absolute Gasteiger partial charge is 0.0541 e. The average Bonchev–Trinajstić information content (AvgIpc) is 3.53. The molecule has 0 atom stereocenters. The van der Waals surface area contributed by atoms with E-state index in [1.54, 1.807) is 0 Å². The highest BCUT2D eigenvalue weighted by molar-refractivity contribution is 6.10. The lowest BCUT2D eigenvalue weighted by molar-refractivity contribution is 1.18. The van der Waals surface area contributed by atoms with E-state index in [0.717, 1.165) is 22.7 Å². The molecule has 50 heavy (non-hydrogen) atoms. The maximum atomic E-state index is 2.38. The second-order valence-electron chi connectivity index (χ2n) is 12.6. The molecule has 9 aromatic rings. The number of aromatic nitrogens is 1. The second-order valence-corrected chi connectivity index (χ2v) is 12.6. The van der Waals surface area contributed by atoms with Crippen molar-refractivity contribution in [3.8, 4) is 39.1 Å². The standard InChI is InChI=1S/C48H34N2/c1-4-13-35(14-5-1)37-23-30-43(31-24-37)50-47-22-11-10-21-45(47)46-34-40(27-32-48(46)50)38-25-28-42(29-26-38)49(41-18-8-3-9-19-41)44-20-12-17-39(33-44)36-15-6-2-7-16-36/h1-34H. The van der Waals surface area contributed by atoms with Crippen molar-refractivity contribution in [3.05, 3.63) is 206 Å². The first-order valence-corrected chi connectivity index (χ1v) is 17.1. The van der Waals surface area contributed by atoms with Gasteiger partial charge in [0.25, 0.3) is 0 Å². The van der Waals surface area contributed by atoms with Crippen LogP contribution >= 0.6 is 0 Å². The highest BCUT2D eigenvalue weighted by Crippen LogP contribution is 2.39. The van der Waals surface area contributed by atoms with Crippen LogP contribution in [0.4, 0.5) is 17.1 Å². The van der Waals surface area contributed by atoms with Gasteiger partial charge in [-0.1, -0.05) is 140 Å². The third-order valence-corrected chi connectivity index (χ3v) is 9.59. The summed E-state index contributed by atoms with van der Waals surface area (Å²) in [6.07, 6.45) is 0. The third-order valence-electron chi connectivity index (χ3n) is 9.59. The molecule has 0 saturated carbocycles. The molecular formula is C48H34N2. The highest BCUT2D eigenvalue weighted by atomic mass is 15.1. The van der Waals surface area contributed by atoms with Gasteiger partial charge in [-0.25, -0.2) is 0 Å². The van der Waals surface area contributed by atoms with Gasteiger partial charge in [0, 0.05) is 33.5 Å². The van der Waals surface area contributed by atoms with Crippen molar-refractivity contribution in [1.29, 1.82) is 0 Å². The summed E-state index contributed by atoms with van der Waals surface area (Å²) in [7, 11) is 0. The van der Waals surface area contributed by atoms with E-state index in [1.165, 1.54) is 55.2 Å². The molecular weight excluding hydrogens is 605 g/mol. The van der Waals surface area contributed by atoms with Crippen molar-refractivity contribution >= 4 is 38.9 Å². The normalized spacial score (nSPS) is 11.2. The van der Waals surface area contributed by atoms with Gasteiger partial charge in [0.15, 0.2) is 0 Å². The van der Waals surface area contributed by atoms with Gasteiger partial charge in [-0.05, 0) is 100 Å². The second kappa shape index (κ2) is 12.8. The van der Waals surface area contributed by atoms with Crippen LogP contribution in [0.5, 0.6) is 0 Å². The minimum atomic E-state index is 1.11. The molecule has 0 spiro atoms. The van der Waals surface area contributed by atoms with Crippen LogP contribution in [-0.2, 0) is 0 Å². The lowest BCUT2D eigenvalue weighted by atomic mass is 10.0. The molecule has 2 heteroatoms. The monoisotopic (exact) mass is 638 g/mol. The Labute approximate surface area is 292 Å². The molecule has 0 amide bonds. The van der Waals surface area contributed by atoms with Crippen molar-refractivity contribution in [2.75, 3.05) is 4.90 Å². The maximum Gasteiger partial charge on any atom is 0.0541 e. The summed E-state index contributed by atoms with van der Waals surface area (Å²) in [6.45, 7) is 0. The predicted molar refractivity (Wildman–Crippen MR) is 212 cm³/mol. The van der Waals surface area contributed by atoms with Gasteiger partial charge in [-0.3, -0.25) is 0 Å². The zero-order valence-electron chi connectivity index (χ0n) is 27.5. The largest absolute Gasteiger partial charge is 0.310 e. The van der Waals surface area contributed by atoms with Crippen molar-refractivity contribution in [2.24, 2.45) is 0 Å². The van der Waals surface area contributed by atoms with Crippen molar-refractivity contribution in [2.45, 2.75) is 0 Å². The Morgan fingerprint density at radius 3 is 1.46 bits per heavy atom. The molecule has 1 aromatic heterocycles. The van der Waals surface area contributed by atoms with Crippen LogP contribution in [0.1, 0.15) is 0 Å². The van der Waals surface area contributed by atoms with E-state index >= 15 is 0 Å². The number of hydrogen-bond acceptors (Lipinski definition) is 1. The summed E-state index contributed by atoms with van der Waals surface area (Å²) in [5.74, 6) is 0. The Hall–Kier alpha value is -6.64. The molecule has 236 valence electrons. The van der Waals surface area contributed by atoms with E-state index in [0.29, 0.717) is 0 Å². The molecule has 0 aliphatic heterocycles. The first kappa shape index (κ1) is 29.5. The minimum Gasteiger partial charge on any atom is -0.310 e. The molecule has 8 aromatic carbocycles.